The van der Waals surface area contributed by atoms with Gasteiger partial charge in [0.25, 0.3) is 10.0 Å². The largest absolute Gasteiger partial charge is 0.267 e. The van der Waals surface area contributed by atoms with Gasteiger partial charge in [-0.05, 0) is 48.1 Å². The van der Waals surface area contributed by atoms with E-state index in [1.807, 2.05) is 24.3 Å². The van der Waals surface area contributed by atoms with E-state index in [0.29, 0.717) is 35.9 Å². The lowest BCUT2D eigenvalue weighted by Crippen LogP contribution is -2.24. The van der Waals surface area contributed by atoms with Crippen molar-refractivity contribution in [3.05, 3.63) is 70.8 Å². The molecule has 3 N–H and O–H groups in total. The molecule has 1 aliphatic rings. The Morgan fingerprint density at radius 3 is 2.17 bits per heavy atom. The highest BCUT2D eigenvalue weighted by atomic mass is 32.2. The van der Waals surface area contributed by atoms with E-state index in [2.05, 4.69) is 23.6 Å². The fourth-order valence-corrected chi connectivity index (χ4v) is 5.28. The zero-order valence-corrected chi connectivity index (χ0v) is 18.7. The van der Waals surface area contributed by atoms with Crippen LogP contribution in [0.15, 0.2) is 64.0 Å². The predicted octanol–water partition coefficient (Wildman–Crippen LogP) is 2.76. The fraction of sp³-hybridized carbons (Fsp3) is 0.286. The lowest BCUT2D eigenvalue weighted by Gasteiger charge is -2.07. The highest BCUT2D eigenvalue weighted by Crippen LogP contribution is 2.30. The van der Waals surface area contributed by atoms with E-state index in [4.69, 9.17) is 5.14 Å². The van der Waals surface area contributed by atoms with Gasteiger partial charge >= 0.3 is 0 Å². The van der Waals surface area contributed by atoms with Crippen LogP contribution in [-0.2, 0) is 26.5 Å². The second kappa shape index (κ2) is 8.33. The minimum Gasteiger partial charge on any atom is -0.267 e. The highest BCUT2D eigenvalue weighted by molar-refractivity contribution is 8.00. The predicted molar refractivity (Wildman–Crippen MR) is 119 cm³/mol. The van der Waals surface area contributed by atoms with Crippen LogP contribution < -0.4 is 9.86 Å². The Morgan fingerprint density at radius 1 is 1.03 bits per heavy atom. The molecular formula is C21H25N3O4S2. The van der Waals surface area contributed by atoms with E-state index >= 15 is 0 Å². The minimum absolute atomic E-state index is 0.0491. The average Bonchev–Trinajstić information content (AvgIpc) is 2.90. The van der Waals surface area contributed by atoms with Gasteiger partial charge in [0.2, 0.25) is 10.0 Å². The summed E-state index contributed by atoms with van der Waals surface area (Å²) in [5.41, 5.74) is 3.23. The molecule has 0 bridgehead atoms. The molecule has 0 unspecified atom stereocenters. The lowest BCUT2D eigenvalue weighted by atomic mass is 10.0. The maximum absolute atomic E-state index is 12.6. The van der Waals surface area contributed by atoms with Crippen LogP contribution in [0.25, 0.3) is 4.91 Å². The standard InChI is InChI=1S/C21H25N3O4S2/c1-14(2)17-6-8-18(9-7-17)20-15(3)21(24-30(20,27)28)23-13-12-16-4-10-19(11-5-16)29(22,25)26/h4-11,14H,12-13H2,1-3H3,(H,23,24)(H2,22,25,26). The maximum Gasteiger partial charge on any atom is 0.264 e. The van der Waals surface area contributed by atoms with Gasteiger partial charge in [0, 0.05) is 12.1 Å². The molecule has 0 amide bonds. The quantitative estimate of drug-likeness (QED) is 0.708. The molecule has 1 aliphatic heterocycles. The molecule has 9 heteroatoms. The van der Waals surface area contributed by atoms with Crippen LogP contribution in [0.4, 0.5) is 0 Å². The molecular weight excluding hydrogens is 422 g/mol. The van der Waals surface area contributed by atoms with Crippen molar-refractivity contribution >= 4 is 30.8 Å². The topological polar surface area (TPSA) is 119 Å². The number of aliphatic imine (C=N–C) groups is 1. The molecule has 0 saturated heterocycles. The zero-order chi connectivity index (χ0) is 22.1. The normalized spacial score (nSPS) is 17.6. The third-order valence-corrected chi connectivity index (χ3v) is 7.43. The first-order valence-electron chi connectivity index (χ1n) is 9.49. The first-order valence-corrected chi connectivity index (χ1v) is 12.5. The average molecular weight is 448 g/mol. The third-order valence-electron chi connectivity index (χ3n) is 4.96. The number of hydrogen-bond donors (Lipinski definition) is 2. The summed E-state index contributed by atoms with van der Waals surface area (Å²) in [5.74, 6) is 0.697. The number of rotatable bonds is 6. The minimum atomic E-state index is -3.72. The smallest absolute Gasteiger partial charge is 0.264 e. The Hall–Kier alpha value is -2.49. The summed E-state index contributed by atoms with van der Waals surface area (Å²) >= 11 is 0. The summed E-state index contributed by atoms with van der Waals surface area (Å²) in [4.78, 5) is 4.71. The van der Waals surface area contributed by atoms with E-state index in [9.17, 15) is 16.8 Å². The van der Waals surface area contributed by atoms with Crippen molar-refractivity contribution in [1.82, 2.24) is 4.72 Å². The van der Waals surface area contributed by atoms with E-state index in [0.717, 1.165) is 11.1 Å². The van der Waals surface area contributed by atoms with Crippen molar-refractivity contribution in [2.24, 2.45) is 10.1 Å². The van der Waals surface area contributed by atoms with Crippen LogP contribution in [0.5, 0.6) is 0 Å². The monoisotopic (exact) mass is 447 g/mol. The number of sulfonamides is 2. The Bertz CT molecular complexity index is 1210. The van der Waals surface area contributed by atoms with Gasteiger partial charge in [-0.2, -0.15) is 0 Å². The molecule has 160 valence electrons. The first-order chi connectivity index (χ1) is 14.0. The molecule has 0 spiro atoms. The van der Waals surface area contributed by atoms with Gasteiger partial charge in [-0.15, -0.1) is 0 Å². The van der Waals surface area contributed by atoms with Gasteiger partial charge in [0.15, 0.2) is 0 Å². The summed E-state index contributed by atoms with van der Waals surface area (Å²) in [6.07, 6.45) is 0.530. The van der Waals surface area contributed by atoms with Crippen LogP contribution in [0.2, 0.25) is 0 Å². The number of benzene rings is 2. The molecule has 0 saturated carbocycles. The van der Waals surface area contributed by atoms with Crippen LogP contribution in [0.3, 0.4) is 0 Å². The van der Waals surface area contributed by atoms with Crippen LogP contribution in [-0.4, -0.2) is 29.2 Å². The van der Waals surface area contributed by atoms with Crippen molar-refractivity contribution in [3.8, 4) is 0 Å². The van der Waals surface area contributed by atoms with Gasteiger partial charge in [-0.25, -0.2) is 22.0 Å². The first kappa shape index (κ1) is 22.2. The second-order valence-electron chi connectivity index (χ2n) is 7.51. The highest BCUT2D eigenvalue weighted by Gasteiger charge is 2.32. The molecule has 2 aromatic rings. The summed E-state index contributed by atoms with van der Waals surface area (Å²) in [5, 5.41) is 5.09. The molecule has 0 aliphatic carbocycles. The molecule has 0 fully saturated rings. The molecule has 3 rings (SSSR count). The van der Waals surface area contributed by atoms with Gasteiger partial charge in [-0.3, -0.25) is 9.71 Å². The number of nitrogens with one attached hydrogen (secondary N) is 1. The van der Waals surface area contributed by atoms with Crippen LogP contribution in [0, 0.1) is 0 Å². The summed E-state index contributed by atoms with van der Waals surface area (Å²) in [7, 11) is -7.39. The fourth-order valence-electron chi connectivity index (χ4n) is 3.25. The number of hydrogen-bond acceptors (Lipinski definition) is 5. The van der Waals surface area contributed by atoms with Crippen molar-refractivity contribution < 1.29 is 16.8 Å². The van der Waals surface area contributed by atoms with E-state index in [1.54, 1.807) is 19.1 Å². The van der Waals surface area contributed by atoms with Crippen molar-refractivity contribution in [2.75, 3.05) is 6.54 Å². The molecule has 2 aromatic carbocycles. The number of nitrogens with zero attached hydrogens (tertiary/aromatic N) is 1. The number of primary sulfonamides is 1. The summed E-state index contributed by atoms with van der Waals surface area (Å²) < 4.78 is 50.5. The maximum atomic E-state index is 12.6. The molecule has 30 heavy (non-hydrogen) atoms. The summed E-state index contributed by atoms with van der Waals surface area (Å²) in [6, 6.07) is 13.8. The Kier molecular flexibility index (Phi) is 6.16. The van der Waals surface area contributed by atoms with Gasteiger partial charge in [-0.1, -0.05) is 50.2 Å². The van der Waals surface area contributed by atoms with Gasteiger partial charge < -0.3 is 0 Å². The van der Waals surface area contributed by atoms with Gasteiger partial charge in [0.05, 0.1) is 4.90 Å². The molecule has 0 radical (unpaired) electrons. The number of amidine groups is 1. The molecule has 0 atom stereocenters. The second-order valence-corrected chi connectivity index (χ2v) is 10.7. The van der Waals surface area contributed by atoms with E-state index < -0.39 is 20.0 Å². The SMILES string of the molecule is CC1=C(c2ccc(C(C)C)cc2)S(=O)(=O)NC1=NCCc1ccc(S(N)(=O)=O)cc1. The summed E-state index contributed by atoms with van der Waals surface area (Å²) in [6.45, 7) is 6.26. The molecule has 0 aromatic heterocycles. The Morgan fingerprint density at radius 2 is 1.63 bits per heavy atom. The number of nitrogens with two attached hydrogens (primary N) is 1. The third kappa shape index (κ3) is 4.80. The van der Waals surface area contributed by atoms with Crippen molar-refractivity contribution in [1.29, 1.82) is 0 Å². The zero-order valence-electron chi connectivity index (χ0n) is 17.1. The van der Waals surface area contributed by atoms with Crippen LogP contribution in [0.1, 0.15) is 43.4 Å². The lowest BCUT2D eigenvalue weighted by molar-refractivity contribution is 0.597. The van der Waals surface area contributed by atoms with E-state index in [1.165, 1.54) is 12.1 Å². The van der Waals surface area contributed by atoms with Crippen LogP contribution >= 0.6 is 0 Å². The van der Waals surface area contributed by atoms with E-state index in [-0.39, 0.29) is 9.80 Å². The Balaban J connectivity index is 1.79. The van der Waals surface area contributed by atoms with Crippen molar-refractivity contribution in [2.45, 2.75) is 38.0 Å². The van der Waals surface area contributed by atoms with Crippen molar-refractivity contribution in [3.63, 3.8) is 0 Å². The Labute approximate surface area is 177 Å². The van der Waals surface area contributed by atoms with Gasteiger partial charge in [0.1, 0.15) is 10.7 Å². The molecule has 1 heterocycles. The molecule has 7 nitrogen and oxygen atoms in total.